The first-order valence-electron chi connectivity index (χ1n) is 9.79. The summed E-state index contributed by atoms with van der Waals surface area (Å²) < 4.78 is 1.18. The van der Waals surface area contributed by atoms with Gasteiger partial charge >= 0.3 is 6.09 Å². The Labute approximate surface area is 164 Å². The van der Waals surface area contributed by atoms with Crippen LogP contribution >= 0.6 is 11.3 Å². The minimum atomic E-state index is -0.821. The number of hydrogen-bond acceptors (Lipinski definition) is 4. The molecule has 1 fully saturated rings. The first-order valence-corrected chi connectivity index (χ1v) is 10.6. The molecule has 0 bridgehead atoms. The molecule has 2 unspecified atom stereocenters. The molecule has 6 heteroatoms. The number of likely N-dealkylation sites (tertiary alicyclic amines) is 1. The number of rotatable bonds is 2. The number of carboxylic acid groups (broad SMARTS) is 1. The third-order valence-corrected chi connectivity index (χ3v) is 6.88. The van der Waals surface area contributed by atoms with Crippen LogP contribution in [0.4, 0.5) is 4.79 Å². The van der Waals surface area contributed by atoms with Crippen molar-refractivity contribution in [2.75, 3.05) is 26.7 Å². The van der Waals surface area contributed by atoms with Crippen molar-refractivity contribution in [3.8, 4) is 0 Å². The van der Waals surface area contributed by atoms with Crippen LogP contribution in [0.15, 0.2) is 24.3 Å². The minimum absolute atomic E-state index is 0.0565. The Morgan fingerprint density at radius 3 is 3.00 bits per heavy atom. The van der Waals surface area contributed by atoms with Gasteiger partial charge < -0.3 is 14.9 Å². The Kier molecular flexibility index (Phi) is 5.19. The van der Waals surface area contributed by atoms with Gasteiger partial charge in [0.2, 0.25) is 0 Å². The van der Waals surface area contributed by atoms with Crippen LogP contribution in [-0.2, 0) is 0 Å². The summed E-state index contributed by atoms with van der Waals surface area (Å²) in [7, 11) is 2.16. The van der Waals surface area contributed by atoms with Crippen LogP contribution in [0.1, 0.15) is 49.2 Å². The molecular formula is C21H27N3O2S. The van der Waals surface area contributed by atoms with Gasteiger partial charge in [-0.3, -0.25) is 0 Å². The second-order valence-corrected chi connectivity index (χ2v) is 9.01. The van der Waals surface area contributed by atoms with Crippen LogP contribution in [0, 0.1) is 5.92 Å². The molecule has 4 rings (SSSR count). The quantitative estimate of drug-likeness (QED) is 0.802. The number of aromatic nitrogens is 1. The van der Waals surface area contributed by atoms with Gasteiger partial charge in [0.25, 0.3) is 0 Å². The summed E-state index contributed by atoms with van der Waals surface area (Å²) in [5.74, 6) is 0.423. The van der Waals surface area contributed by atoms with Gasteiger partial charge in [-0.15, -0.1) is 11.3 Å². The highest BCUT2D eigenvalue weighted by molar-refractivity contribution is 7.19. The maximum Gasteiger partial charge on any atom is 0.407 e. The van der Waals surface area contributed by atoms with E-state index in [9.17, 15) is 9.90 Å². The topological polar surface area (TPSA) is 56.7 Å². The van der Waals surface area contributed by atoms with Gasteiger partial charge in [-0.25, -0.2) is 9.78 Å². The van der Waals surface area contributed by atoms with Crippen molar-refractivity contribution in [2.24, 2.45) is 5.92 Å². The molecule has 1 amide bonds. The van der Waals surface area contributed by atoms with Crippen molar-refractivity contribution in [1.82, 2.24) is 14.8 Å². The zero-order valence-electron chi connectivity index (χ0n) is 16.0. The second-order valence-electron chi connectivity index (χ2n) is 7.97. The van der Waals surface area contributed by atoms with Crippen LogP contribution in [0.3, 0.4) is 0 Å². The molecule has 2 atom stereocenters. The first kappa shape index (κ1) is 18.4. The lowest BCUT2D eigenvalue weighted by molar-refractivity contribution is 0.0900. The van der Waals surface area contributed by atoms with Gasteiger partial charge in [-0.05, 0) is 68.5 Å². The van der Waals surface area contributed by atoms with Gasteiger partial charge in [0.15, 0.2) is 0 Å². The number of nitrogens with zero attached hydrogens (tertiary/aromatic N) is 3. The second kappa shape index (κ2) is 7.60. The van der Waals surface area contributed by atoms with Crippen LogP contribution < -0.4 is 0 Å². The van der Waals surface area contributed by atoms with E-state index in [0.29, 0.717) is 12.5 Å². The molecule has 0 spiro atoms. The number of carbonyl (C=O) groups is 1. The van der Waals surface area contributed by atoms with Crippen LogP contribution in [0.25, 0.3) is 15.8 Å². The predicted molar refractivity (Wildman–Crippen MR) is 110 cm³/mol. The summed E-state index contributed by atoms with van der Waals surface area (Å²) in [4.78, 5) is 20.6. The zero-order chi connectivity index (χ0) is 19.0. The van der Waals surface area contributed by atoms with E-state index in [-0.39, 0.29) is 6.04 Å². The van der Waals surface area contributed by atoms with Crippen molar-refractivity contribution >= 4 is 33.2 Å². The van der Waals surface area contributed by atoms with E-state index in [4.69, 9.17) is 4.98 Å². The molecule has 0 saturated carbocycles. The molecule has 1 saturated heterocycles. The number of amides is 1. The van der Waals surface area contributed by atoms with Crippen LogP contribution in [-0.4, -0.2) is 52.7 Å². The van der Waals surface area contributed by atoms with Crippen molar-refractivity contribution in [2.45, 2.75) is 38.6 Å². The summed E-state index contributed by atoms with van der Waals surface area (Å²) in [6.07, 6.45) is 5.67. The molecular weight excluding hydrogens is 358 g/mol. The molecule has 0 aliphatic carbocycles. The molecule has 2 aliphatic heterocycles. The number of piperidine rings is 1. The van der Waals surface area contributed by atoms with Gasteiger partial charge in [-0.2, -0.15) is 0 Å². The van der Waals surface area contributed by atoms with Gasteiger partial charge in [0.1, 0.15) is 5.01 Å². The molecule has 27 heavy (non-hydrogen) atoms. The maximum absolute atomic E-state index is 11.7. The highest BCUT2D eigenvalue weighted by Gasteiger charge is 2.31. The monoisotopic (exact) mass is 385 g/mol. The molecule has 2 aromatic rings. The summed E-state index contributed by atoms with van der Waals surface area (Å²) in [6, 6.07) is 6.26. The van der Waals surface area contributed by atoms with E-state index in [2.05, 4.69) is 43.1 Å². The summed E-state index contributed by atoms with van der Waals surface area (Å²) in [6.45, 7) is 4.84. The van der Waals surface area contributed by atoms with Crippen LogP contribution in [0.5, 0.6) is 0 Å². The third-order valence-electron chi connectivity index (χ3n) is 5.77. The molecule has 5 nitrogen and oxygen atoms in total. The molecule has 1 N–H and O–H groups in total. The fourth-order valence-electron chi connectivity index (χ4n) is 4.19. The summed E-state index contributed by atoms with van der Waals surface area (Å²) in [5.41, 5.74) is 3.42. The van der Waals surface area contributed by atoms with E-state index in [1.807, 2.05) is 0 Å². The molecule has 2 aliphatic rings. The minimum Gasteiger partial charge on any atom is -0.465 e. The Balaban J connectivity index is 1.63. The van der Waals surface area contributed by atoms with E-state index in [1.54, 1.807) is 16.2 Å². The predicted octanol–water partition coefficient (Wildman–Crippen LogP) is 4.86. The lowest BCUT2D eigenvalue weighted by Gasteiger charge is -2.37. The number of thiazole rings is 1. The lowest BCUT2D eigenvalue weighted by Crippen LogP contribution is -2.40. The maximum atomic E-state index is 11.7. The standard InChI is InChI=1S/C21H27N3O2S/c1-14-5-7-18(24(13-14)21(25)26)16-6-8-19-17(12-16)22-20(27-19)15-4-3-10-23(2)11-9-15/h6,8-9,12,14,18H,3-5,7,10-11,13H2,1-2H3,(H,25,26). The number of benzene rings is 1. The Hall–Kier alpha value is -1.92. The molecule has 3 heterocycles. The molecule has 1 aromatic carbocycles. The molecule has 0 radical (unpaired) electrons. The van der Waals surface area contributed by atoms with Crippen molar-refractivity contribution in [3.05, 3.63) is 34.8 Å². The fourth-order valence-corrected chi connectivity index (χ4v) is 5.21. The SMILES string of the molecule is CC1CCC(c2ccc3sc(C4=CCN(C)CCC4)nc3c2)N(C(=O)O)C1. The summed E-state index contributed by atoms with van der Waals surface area (Å²) in [5, 5.41) is 10.7. The molecule has 144 valence electrons. The van der Waals surface area contributed by atoms with E-state index < -0.39 is 6.09 Å². The van der Waals surface area contributed by atoms with Gasteiger partial charge in [0.05, 0.1) is 16.3 Å². The lowest BCUT2D eigenvalue weighted by atomic mass is 9.90. The average molecular weight is 386 g/mol. The zero-order valence-corrected chi connectivity index (χ0v) is 16.8. The fraction of sp³-hybridized carbons (Fsp3) is 0.524. The summed E-state index contributed by atoms with van der Waals surface area (Å²) >= 11 is 1.75. The van der Waals surface area contributed by atoms with Gasteiger partial charge in [-0.1, -0.05) is 19.1 Å². The molecule has 1 aromatic heterocycles. The number of likely N-dealkylation sites (N-methyl/N-ethyl adjacent to an activating group) is 1. The van der Waals surface area contributed by atoms with Crippen molar-refractivity contribution in [1.29, 1.82) is 0 Å². The van der Waals surface area contributed by atoms with Gasteiger partial charge in [0, 0.05) is 13.1 Å². The van der Waals surface area contributed by atoms with E-state index in [1.165, 1.54) is 10.3 Å². The smallest absolute Gasteiger partial charge is 0.407 e. The van der Waals surface area contributed by atoms with Crippen molar-refractivity contribution in [3.63, 3.8) is 0 Å². The third kappa shape index (κ3) is 3.87. The number of hydrogen-bond donors (Lipinski definition) is 1. The number of allylic oxidation sites excluding steroid dienone is 1. The van der Waals surface area contributed by atoms with Crippen LogP contribution in [0.2, 0.25) is 0 Å². The van der Waals surface area contributed by atoms with E-state index >= 15 is 0 Å². The Morgan fingerprint density at radius 2 is 2.19 bits per heavy atom. The Morgan fingerprint density at radius 1 is 1.33 bits per heavy atom. The Bertz CT molecular complexity index is 875. The van der Waals surface area contributed by atoms with E-state index in [0.717, 1.165) is 54.9 Å². The highest BCUT2D eigenvalue weighted by atomic mass is 32.1. The van der Waals surface area contributed by atoms with Crippen molar-refractivity contribution < 1.29 is 9.90 Å². The average Bonchev–Trinajstić information content (AvgIpc) is 2.95. The first-order chi connectivity index (χ1) is 13.0. The number of fused-ring (bicyclic) bond motifs is 1. The highest BCUT2D eigenvalue weighted by Crippen LogP contribution is 2.36. The largest absolute Gasteiger partial charge is 0.465 e. The normalized spacial score (nSPS) is 24.7.